The van der Waals surface area contributed by atoms with Gasteiger partial charge in [0.25, 0.3) is 0 Å². The smallest absolute Gasteiger partial charge is 0.124 e. The minimum Gasteiger partial charge on any atom is -0.305 e. The summed E-state index contributed by atoms with van der Waals surface area (Å²) in [7, 11) is 0. The van der Waals surface area contributed by atoms with Crippen LogP contribution in [0.15, 0.2) is 0 Å². The molecule has 0 radical (unpaired) electrons. The molecule has 44 valence electrons. The van der Waals surface area contributed by atoms with Crippen molar-refractivity contribution in [3.05, 3.63) is 0 Å². The monoisotopic (exact) mass is 104 g/mol. The molecule has 0 amide bonds. The standard InChI is InChI=1S/C4H12N2O/c1-3-6-7-4(2)5/h4,6H,3,5H2,1-2H3. The Bertz CT molecular complexity index is 38.7. The van der Waals surface area contributed by atoms with E-state index in [1.54, 1.807) is 6.92 Å². The van der Waals surface area contributed by atoms with Crippen LogP contribution in [0, 0.1) is 0 Å². The Labute approximate surface area is 43.8 Å². The fourth-order valence-corrected chi connectivity index (χ4v) is 0.215. The Morgan fingerprint density at radius 2 is 2.43 bits per heavy atom. The van der Waals surface area contributed by atoms with Crippen LogP contribution in [0.2, 0.25) is 0 Å². The maximum absolute atomic E-state index is 5.19. The van der Waals surface area contributed by atoms with Crippen LogP contribution in [0.25, 0.3) is 0 Å². The Hall–Kier alpha value is -0.120. The van der Waals surface area contributed by atoms with Gasteiger partial charge in [-0.1, -0.05) is 6.92 Å². The van der Waals surface area contributed by atoms with Crippen molar-refractivity contribution >= 4 is 0 Å². The number of nitrogens with two attached hydrogens (primary N) is 1. The molecule has 0 saturated carbocycles. The van der Waals surface area contributed by atoms with E-state index in [9.17, 15) is 0 Å². The van der Waals surface area contributed by atoms with Crippen molar-refractivity contribution in [2.45, 2.75) is 20.1 Å². The van der Waals surface area contributed by atoms with Gasteiger partial charge < -0.3 is 5.73 Å². The summed E-state index contributed by atoms with van der Waals surface area (Å²) in [6.45, 7) is 4.51. The summed E-state index contributed by atoms with van der Waals surface area (Å²) < 4.78 is 0. The van der Waals surface area contributed by atoms with Crippen LogP contribution in [0.5, 0.6) is 0 Å². The third-order valence-corrected chi connectivity index (χ3v) is 0.414. The van der Waals surface area contributed by atoms with E-state index in [-0.39, 0.29) is 6.23 Å². The summed E-state index contributed by atoms with van der Waals surface area (Å²) >= 11 is 0. The van der Waals surface area contributed by atoms with Crippen molar-refractivity contribution in [3.8, 4) is 0 Å². The molecular formula is C4H12N2O. The van der Waals surface area contributed by atoms with E-state index in [1.807, 2.05) is 6.92 Å². The van der Waals surface area contributed by atoms with Crippen molar-refractivity contribution in [3.63, 3.8) is 0 Å². The van der Waals surface area contributed by atoms with Gasteiger partial charge in [0.2, 0.25) is 0 Å². The van der Waals surface area contributed by atoms with Crippen molar-refractivity contribution in [2.24, 2.45) is 5.73 Å². The van der Waals surface area contributed by atoms with Crippen LogP contribution in [-0.4, -0.2) is 12.8 Å². The molecule has 0 aliphatic carbocycles. The highest BCUT2D eigenvalue weighted by molar-refractivity contribution is 4.26. The van der Waals surface area contributed by atoms with Gasteiger partial charge in [0.15, 0.2) is 0 Å². The molecule has 0 aromatic heterocycles. The Morgan fingerprint density at radius 3 is 2.57 bits per heavy atom. The Balaban J connectivity index is 2.68. The number of hydroxylamine groups is 1. The molecule has 0 heterocycles. The average Bonchev–Trinajstić information content (AvgIpc) is 1.61. The number of nitrogens with one attached hydrogen (secondary N) is 1. The summed E-state index contributed by atoms with van der Waals surface area (Å²) in [4.78, 5) is 4.72. The van der Waals surface area contributed by atoms with Gasteiger partial charge in [-0.25, -0.2) is 5.48 Å². The second-order valence-electron chi connectivity index (χ2n) is 1.32. The number of rotatable bonds is 3. The second kappa shape index (κ2) is 4.05. The minimum atomic E-state index is -0.208. The van der Waals surface area contributed by atoms with Gasteiger partial charge in [0.05, 0.1) is 0 Å². The first kappa shape index (κ1) is 6.88. The quantitative estimate of drug-likeness (QED) is 0.386. The van der Waals surface area contributed by atoms with Gasteiger partial charge in [0.1, 0.15) is 6.23 Å². The predicted octanol–water partition coefficient (Wildman–Crippen LogP) is -0.168. The first-order valence-corrected chi connectivity index (χ1v) is 2.41. The molecule has 0 rings (SSSR count). The van der Waals surface area contributed by atoms with E-state index in [2.05, 4.69) is 5.48 Å². The third kappa shape index (κ3) is 5.88. The lowest BCUT2D eigenvalue weighted by atomic mass is 10.7. The van der Waals surface area contributed by atoms with Crippen LogP contribution in [-0.2, 0) is 4.84 Å². The normalized spacial score (nSPS) is 14.1. The topological polar surface area (TPSA) is 47.3 Å². The fraction of sp³-hybridized carbons (Fsp3) is 1.00. The molecule has 0 aliphatic heterocycles. The zero-order chi connectivity index (χ0) is 5.70. The molecule has 0 spiro atoms. The van der Waals surface area contributed by atoms with Gasteiger partial charge in [0, 0.05) is 6.54 Å². The van der Waals surface area contributed by atoms with Gasteiger partial charge in [-0.2, -0.15) is 0 Å². The van der Waals surface area contributed by atoms with E-state index < -0.39 is 0 Å². The second-order valence-corrected chi connectivity index (χ2v) is 1.32. The highest BCUT2D eigenvalue weighted by Gasteiger charge is 1.86. The van der Waals surface area contributed by atoms with Crippen LogP contribution in [0.3, 0.4) is 0 Å². The van der Waals surface area contributed by atoms with Gasteiger partial charge in [-0.3, -0.25) is 4.84 Å². The van der Waals surface area contributed by atoms with Crippen molar-refractivity contribution in [1.29, 1.82) is 0 Å². The lowest BCUT2D eigenvalue weighted by molar-refractivity contribution is -0.00840. The van der Waals surface area contributed by atoms with Crippen LogP contribution < -0.4 is 11.2 Å². The number of hydrogen-bond donors (Lipinski definition) is 2. The van der Waals surface area contributed by atoms with Crippen LogP contribution in [0.4, 0.5) is 0 Å². The largest absolute Gasteiger partial charge is 0.305 e. The highest BCUT2D eigenvalue weighted by atomic mass is 16.7. The zero-order valence-electron chi connectivity index (χ0n) is 4.77. The van der Waals surface area contributed by atoms with Gasteiger partial charge >= 0.3 is 0 Å². The third-order valence-electron chi connectivity index (χ3n) is 0.414. The summed E-state index contributed by atoms with van der Waals surface area (Å²) in [5, 5.41) is 0. The Kier molecular flexibility index (Phi) is 3.98. The van der Waals surface area contributed by atoms with Gasteiger partial charge in [-0.05, 0) is 6.92 Å². The van der Waals surface area contributed by atoms with E-state index >= 15 is 0 Å². The van der Waals surface area contributed by atoms with Crippen LogP contribution in [0.1, 0.15) is 13.8 Å². The van der Waals surface area contributed by atoms with Crippen molar-refractivity contribution in [2.75, 3.05) is 6.54 Å². The SMILES string of the molecule is CCNOC(C)N. The van der Waals surface area contributed by atoms with E-state index in [1.165, 1.54) is 0 Å². The average molecular weight is 104 g/mol. The number of hydrogen-bond acceptors (Lipinski definition) is 3. The molecule has 1 atom stereocenters. The van der Waals surface area contributed by atoms with Crippen molar-refractivity contribution in [1.82, 2.24) is 5.48 Å². The summed E-state index contributed by atoms with van der Waals surface area (Å²) in [5.41, 5.74) is 7.82. The first-order valence-electron chi connectivity index (χ1n) is 2.41. The summed E-state index contributed by atoms with van der Waals surface area (Å²) in [6.07, 6.45) is -0.208. The molecule has 0 aromatic rings. The maximum Gasteiger partial charge on any atom is 0.124 e. The molecule has 0 aliphatic rings. The fourth-order valence-electron chi connectivity index (χ4n) is 0.215. The lowest BCUT2D eigenvalue weighted by Crippen LogP contribution is -2.27. The molecule has 7 heavy (non-hydrogen) atoms. The summed E-state index contributed by atoms with van der Waals surface area (Å²) in [5.74, 6) is 0. The van der Waals surface area contributed by atoms with E-state index in [0.29, 0.717) is 0 Å². The highest BCUT2D eigenvalue weighted by Crippen LogP contribution is 1.69. The lowest BCUT2D eigenvalue weighted by Gasteiger charge is -2.04. The predicted molar refractivity (Wildman–Crippen MR) is 28.4 cm³/mol. The molecule has 1 unspecified atom stereocenters. The molecule has 0 fully saturated rings. The molecule has 0 aromatic carbocycles. The molecule has 3 N–H and O–H groups in total. The molecule has 3 nitrogen and oxygen atoms in total. The molecular weight excluding hydrogens is 92.1 g/mol. The first-order chi connectivity index (χ1) is 3.27. The summed E-state index contributed by atoms with van der Waals surface area (Å²) in [6, 6.07) is 0. The van der Waals surface area contributed by atoms with Crippen LogP contribution >= 0.6 is 0 Å². The zero-order valence-corrected chi connectivity index (χ0v) is 4.77. The Morgan fingerprint density at radius 1 is 1.86 bits per heavy atom. The molecule has 0 saturated heterocycles. The molecule has 0 bridgehead atoms. The van der Waals surface area contributed by atoms with E-state index in [4.69, 9.17) is 10.6 Å². The molecule has 3 heteroatoms. The van der Waals surface area contributed by atoms with E-state index in [0.717, 1.165) is 6.54 Å². The van der Waals surface area contributed by atoms with Crippen molar-refractivity contribution < 1.29 is 4.84 Å². The van der Waals surface area contributed by atoms with Gasteiger partial charge in [-0.15, -0.1) is 0 Å². The minimum absolute atomic E-state index is 0.208. The maximum atomic E-state index is 5.19.